The number of fused-ring (bicyclic) bond motifs is 1. The summed E-state index contributed by atoms with van der Waals surface area (Å²) in [5.74, 6) is -0.0406. The van der Waals surface area contributed by atoms with Crippen LogP contribution in [0.5, 0.6) is 5.75 Å². The summed E-state index contributed by atoms with van der Waals surface area (Å²) in [5.41, 5.74) is 2.97. The van der Waals surface area contributed by atoms with Gasteiger partial charge in [0, 0.05) is 18.3 Å². The fourth-order valence-electron chi connectivity index (χ4n) is 3.09. The van der Waals surface area contributed by atoms with Crippen molar-refractivity contribution in [2.75, 3.05) is 14.1 Å². The summed E-state index contributed by atoms with van der Waals surface area (Å²) < 4.78 is 1.89. The van der Waals surface area contributed by atoms with Gasteiger partial charge >= 0.3 is 0 Å². The second kappa shape index (κ2) is 5.98. The van der Waals surface area contributed by atoms with Crippen molar-refractivity contribution in [2.45, 2.75) is 13.5 Å². The number of benzene rings is 2. The maximum Gasteiger partial charge on any atom is 0.282 e. The highest BCUT2D eigenvalue weighted by molar-refractivity contribution is 5.99. The number of nitrogens with zero attached hydrogens (tertiary/aromatic N) is 3. The first-order chi connectivity index (χ1) is 11.4. The molecule has 1 N–H and O–H groups in total. The molecule has 6 heteroatoms. The number of para-hydroxylation sites is 1. The molecule has 0 atom stereocenters. The van der Waals surface area contributed by atoms with E-state index in [0.29, 0.717) is 23.1 Å². The topological polar surface area (TPSA) is 71.5 Å². The Labute approximate surface area is 139 Å². The van der Waals surface area contributed by atoms with Crippen LogP contribution in [-0.4, -0.2) is 33.6 Å². The van der Waals surface area contributed by atoms with Crippen LogP contribution in [0.3, 0.4) is 0 Å². The number of hydrogen-bond donors (Lipinski definition) is 1. The van der Waals surface area contributed by atoms with Crippen molar-refractivity contribution >= 4 is 16.6 Å². The summed E-state index contributed by atoms with van der Waals surface area (Å²) in [6.07, 6.45) is 0. The van der Waals surface area contributed by atoms with E-state index in [0.717, 1.165) is 11.3 Å². The largest absolute Gasteiger partial charge is 0.505 e. The highest BCUT2D eigenvalue weighted by atomic mass is 16.6. The summed E-state index contributed by atoms with van der Waals surface area (Å²) in [6, 6.07) is 12.8. The summed E-state index contributed by atoms with van der Waals surface area (Å²) in [6.45, 7) is 2.38. The molecule has 0 aliphatic heterocycles. The molecule has 0 unspecified atom stereocenters. The number of hydrogen-bond acceptors (Lipinski definition) is 4. The summed E-state index contributed by atoms with van der Waals surface area (Å²) >= 11 is 0. The van der Waals surface area contributed by atoms with Crippen LogP contribution < -0.4 is 0 Å². The van der Waals surface area contributed by atoms with Crippen LogP contribution in [-0.2, 0) is 6.54 Å². The minimum atomic E-state index is -0.448. The molecule has 1 aromatic heterocycles. The van der Waals surface area contributed by atoms with Gasteiger partial charge in [-0.25, -0.2) is 0 Å². The lowest BCUT2D eigenvalue weighted by atomic mass is 10.1. The normalized spacial score (nSPS) is 11.3. The maximum absolute atomic E-state index is 11.4. The monoisotopic (exact) mass is 325 g/mol. The van der Waals surface area contributed by atoms with Crippen LogP contribution in [0.1, 0.15) is 11.3 Å². The molecule has 0 saturated carbocycles. The number of non-ortho nitro benzene ring substituents is 1. The molecular formula is C18H19N3O3. The Morgan fingerprint density at radius 3 is 2.42 bits per heavy atom. The summed E-state index contributed by atoms with van der Waals surface area (Å²) in [4.78, 5) is 13.0. The standard InChI is InChI=1S/C18H19N3O3/c1-12-18(22)16-15(21(23)24)10-9-13(11-19(2)3)17(16)20(12)14-7-5-4-6-8-14/h4-10,22H,11H2,1-3H3. The number of aromatic hydroxyl groups is 1. The molecule has 3 rings (SSSR count). The molecule has 0 fully saturated rings. The molecule has 124 valence electrons. The molecular weight excluding hydrogens is 306 g/mol. The Hall–Kier alpha value is -2.86. The van der Waals surface area contributed by atoms with Crippen LogP contribution in [0.4, 0.5) is 5.69 Å². The van der Waals surface area contributed by atoms with E-state index in [-0.39, 0.29) is 11.4 Å². The van der Waals surface area contributed by atoms with Crippen LogP contribution in [0.25, 0.3) is 16.6 Å². The molecule has 6 nitrogen and oxygen atoms in total. The van der Waals surface area contributed by atoms with Crippen LogP contribution in [0.15, 0.2) is 42.5 Å². The number of aromatic nitrogens is 1. The average Bonchev–Trinajstić information content (AvgIpc) is 2.81. The molecule has 3 aromatic rings. The van der Waals surface area contributed by atoms with Crippen molar-refractivity contribution in [1.29, 1.82) is 0 Å². The van der Waals surface area contributed by atoms with Gasteiger partial charge in [0.05, 0.1) is 16.1 Å². The van der Waals surface area contributed by atoms with Gasteiger partial charge < -0.3 is 14.6 Å². The lowest BCUT2D eigenvalue weighted by molar-refractivity contribution is -0.383. The van der Waals surface area contributed by atoms with Gasteiger partial charge in [0.2, 0.25) is 0 Å². The van der Waals surface area contributed by atoms with E-state index in [2.05, 4.69) is 0 Å². The Kier molecular flexibility index (Phi) is 3.99. The predicted octanol–water partition coefficient (Wildman–Crippen LogP) is 3.61. The molecule has 0 aliphatic rings. The van der Waals surface area contributed by atoms with Crippen molar-refractivity contribution in [3.8, 4) is 11.4 Å². The fraction of sp³-hybridized carbons (Fsp3) is 0.222. The summed E-state index contributed by atoms with van der Waals surface area (Å²) in [7, 11) is 3.88. The number of nitro benzene ring substituents is 1. The van der Waals surface area contributed by atoms with Crippen molar-refractivity contribution in [2.24, 2.45) is 0 Å². The molecule has 0 saturated heterocycles. The van der Waals surface area contributed by atoms with Crippen molar-refractivity contribution in [1.82, 2.24) is 9.47 Å². The van der Waals surface area contributed by atoms with E-state index < -0.39 is 4.92 Å². The second-order valence-corrected chi connectivity index (χ2v) is 6.07. The van der Waals surface area contributed by atoms with Crippen LogP contribution in [0.2, 0.25) is 0 Å². The van der Waals surface area contributed by atoms with Crippen LogP contribution >= 0.6 is 0 Å². The van der Waals surface area contributed by atoms with Crippen LogP contribution in [0, 0.1) is 17.0 Å². The van der Waals surface area contributed by atoms with Crippen molar-refractivity contribution in [3.63, 3.8) is 0 Å². The smallest absolute Gasteiger partial charge is 0.282 e. The highest BCUT2D eigenvalue weighted by Crippen LogP contribution is 2.41. The zero-order chi connectivity index (χ0) is 17.4. The van der Waals surface area contributed by atoms with E-state index >= 15 is 0 Å². The van der Waals surface area contributed by atoms with Gasteiger partial charge in [0.1, 0.15) is 5.39 Å². The lowest BCUT2D eigenvalue weighted by Crippen LogP contribution is -2.12. The van der Waals surface area contributed by atoms with Crippen molar-refractivity contribution < 1.29 is 10.0 Å². The zero-order valence-corrected chi connectivity index (χ0v) is 13.9. The third kappa shape index (κ3) is 2.51. The van der Waals surface area contributed by atoms with Gasteiger partial charge in [-0.15, -0.1) is 0 Å². The van der Waals surface area contributed by atoms with Gasteiger partial charge in [0.25, 0.3) is 5.69 Å². The fourth-order valence-corrected chi connectivity index (χ4v) is 3.09. The van der Waals surface area contributed by atoms with E-state index in [1.165, 1.54) is 6.07 Å². The molecule has 24 heavy (non-hydrogen) atoms. The van der Waals surface area contributed by atoms with E-state index in [1.54, 1.807) is 13.0 Å². The van der Waals surface area contributed by atoms with Crippen molar-refractivity contribution in [3.05, 3.63) is 63.8 Å². The minimum absolute atomic E-state index is 0.0406. The van der Waals surface area contributed by atoms with Gasteiger partial charge in [0.15, 0.2) is 5.75 Å². The van der Waals surface area contributed by atoms with E-state index in [4.69, 9.17) is 0 Å². The van der Waals surface area contributed by atoms with Gasteiger partial charge in [-0.05, 0) is 44.8 Å². The first kappa shape index (κ1) is 16.0. The first-order valence-electron chi connectivity index (χ1n) is 7.62. The first-order valence-corrected chi connectivity index (χ1v) is 7.62. The molecule has 0 bridgehead atoms. The number of nitro groups is 1. The molecule has 0 amide bonds. The molecule has 0 radical (unpaired) electrons. The Morgan fingerprint density at radius 1 is 1.17 bits per heavy atom. The Morgan fingerprint density at radius 2 is 1.83 bits per heavy atom. The van der Waals surface area contributed by atoms with E-state index in [9.17, 15) is 15.2 Å². The lowest BCUT2D eigenvalue weighted by Gasteiger charge is -2.14. The van der Waals surface area contributed by atoms with Gasteiger partial charge in [-0.3, -0.25) is 10.1 Å². The quantitative estimate of drug-likeness (QED) is 0.587. The third-order valence-corrected chi connectivity index (χ3v) is 4.08. The molecule has 2 aromatic carbocycles. The minimum Gasteiger partial charge on any atom is -0.505 e. The second-order valence-electron chi connectivity index (χ2n) is 6.07. The third-order valence-electron chi connectivity index (χ3n) is 4.08. The highest BCUT2D eigenvalue weighted by Gasteiger charge is 2.25. The number of rotatable bonds is 4. The average molecular weight is 325 g/mol. The SMILES string of the molecule is Cc1c(O)c2c([N+](=O)[O-])ccc(CN(C)C)c2n1-c1ccccc1. The predicted molar refractivity (Wildman–Crippen MR) is 93.7 cm³/mol. The molecule has 0 aliphatic carbocycles. The maximum atomic E-state index is 11.4. The van der Waals surface area contributed by atoms with Gasteiger partial charge in [-0.2, -0.15) is 0 Å². The van der Waals surface area contributed by atoms with Gasteiger partial charge in [-0.1, -0.05) is 18.2 Å². The zero-order valence-electron chi connectivity index (χ0n) is 13.9. The molecule has 0 spiro atoms. The van der Waals surface area contributed by atoms with E-state index in [1.807, 2.05) is 53.9 Å². The summed E-state index contributed by atoms with van der Waals surface area (Å²) in [5, 5.41) is 22.3. The molecule has 1 heterocycles. The Balaban J connectivity index is 2.45. The Bertz CT molecular complexity index is 914.